The number of carbonyl (C=O) groups is 3. The summed E-state index contributed by atoms with van der Waals surface area (Å²) in [6, 6.07) is 19.3. The van der Waals surface area contributed by atoms with Crippen molar-refractivity contribution in [3.8, 4) is 11.9 Å². The zero-order chi connectivity index (χ0) is 49.6. The summed E-state index contributed by atoms with van der Waals surface area (Å²) < 4.78 is 2.47. The lowest BCUT2D eigenvalue weighted by atomic mass is 10.1. The van der Waals surface area contributed by atoms with Gasteiger partial charge in [-0.1, -0.05) is 76.4 Å². The molecular weight excluding hydrogens is 883 g/mol. The van der Waals surface area contributed by atoms with Crippen molar-refractivity contribution in [1.29, 1.82) is 5.41 Å². The third kappa shape index (κ3) is 11.8. The van der Waals surface area contributed by atoms with Gasteiger partial charge in [-0.05, 0) is 74.9 Å². The van der Waals surface area contributed by atoms with Crippen molar-refractivity contribution in [2.24, 2.45) is 53.6 Å². The van der Waals surface area contributed by atoms with Crippen LogP contribution in [0.5, 0.6) is 0 Å². The number of hydrogen-bond acceptors (Lipinski definition) is 19. The number of carbonyl (C=O) groups excluding carboxylic acids is 3. The SMILES string of the molecule is CCCCC(=N)C(/N=N/c1ccccc1C(N)=O)=C(/N)Nc1nc(-n2nc(CCCC)c(/N=N/c3ccccc3C(N)=O)c2N)nc(-n2nc(CCCC)c(/N=N/c3ccccc3C(N)=O)c2N)n1. The number of aryl methyl sites for hydroxylation is 2. The van der Waals surface area contributed by atoms with Gasteiger partial charge in [-0.2, -0.15) is 34.5 Å². The Labute approximate surface area is 396 Å². The Balaban J connectivity index is 1.56. The van der Waals surface area contributed by atoms with E-state index in [0.29, 0.717) is 43.5 Å². The summed E-state index contributed by atoms with van der Waals surface area (Å²) in [5.41, 5.74) is 39.3. The molecule has 3 heterocycles. The Morgan fingerprint density at radius 3 is 1.39 bits per heavy atom. The number of aromatic nitrogens is 7. The second kappa shape index (κ2) is 22.9. The number of nitrogens with one attached hydrogen (secondary N) is 2. The number of nitrogens with zero attached hydrogens (tertiary/aromatic N) is 13. The molecule has 69 heavy (non-hydrogen) atoms. The van der Waals surface area contributed by atoms with Crippen molar-refractivity contribution >= 4 is 69.5 Å². The largest absolute Gasteiger partial charge is 0.383 e. The molecule has 24 nitrogen and oxygen atoms in total. The van der Waals surface area contributed by atoms with Gasteiger partial charge in [-0.3, -0.25) is 14.4 Å². The molecule has 0 bridgehead atoms. The topological polar surface area (TPSA) is 392 Å². The predicted molar refractivity (Wildman–Crippen MR) is 260 cm³/mol. The normalized spacial score (nSPS) is 12.0. The highest BCUT2D eigenvalue weighted by molar-refractivity contribution is 6.00. The van der Waals surface area contributed by atoms with E-state index in [-0.39, 0.29) is 98.3 Å². The average molecular weight is 936 g/mol. The van der Waals surface area contributed by atoms with Crippen molar-refractivity contribution in [2.45, 2.75) is 78.6 Å². The molecule has 0 spiro atoms. The molecule has 0 unspecified atom stereocenters. The molecule has 14 N–H and O–H groups in total. The molecule has 356 valence electrons. The predicted octanol–water partition coefficient (Wildman–Crippen LogP) is 7.75. The van der Waals surface area contributed by atoms with Gasteiger partial charge in [0.1, 0.15) is 11.5 Å². The van der Waals surface area contributed by atoms with Gasteiger partial charge in [0.2, 0.25) is 5.95 Å². The highest BCUT2D eigenvalue weighted by atomic mass is 16.2. The number of unbranched alkanes of at least 4 members (excludes halogenated alkanes) is 3. The van der Waals surface area contributed by atoms with Crippen LogP contribution in [0.15, 0.2) is 115 Å². The van der Waals surface area contributed by atoms with Gasteiger partial charge in [-0.15, -0.1) is 30.7 Å². The summed E-state index contributed by atoms with van der Waals surface area (Å²) in [5, 5.41) is 47.6. The van der Waals surface area contributed by atoms with E-state index in [0.717, 1.165) is 19.3 Å². The van der Waals surface area contributed by atoms with Crippen LogP contribution in [0.2, 0.25) is 0 Å². The van der Waals surface area contributed by atoms with Crippen LogP contribution >= 0.6 is 0 Å². The number of benzene rings is 3. The lowest BCUT2D eigenvalue weighted by molar-refractivity contribution is 0.0992. The van der Waals surface area contributed by atoms with E-state index >= 15 is 0 Å². The summed E-state index contributed by atoms with van der Waals surface area (Å²) in [4.78, 5) is 50.7. The minimum absolute atomic E-state index is 0.0197. The molecule has 6 rings (SSSR count). The number of primary amides is 3. The minimum atomic E-state index is -0.723. The van der Waals surface area contributed by atoms with E-state index in [9.17, 15) is 14.4 Å². The average Bonchev–Trinajstić information content (AvgIpc) is 3.83. The summed E-state index contributed by atoms with van der Waals surface area (Å²) in [6.07, 6.45) is 5.51. The molecule has 3 aromatic carbocycles. The Morgan fingerprint density at radius 2 is 0.986 bits per heavy atom. The first-order chi connectivity index (χ1) is 33.3. The number of nitrogen functional groups attached to an aromatic ring is 2. The molecule has 3 amide bonds. The van der Waals surface area contributed by atoms with Crippen molar-refractivity contribution in [3.05, 3.63) is 112 Å². The van der Waals surface area contributed by atoms with Gasteiger partial charge in [-0.25, -0.2) is 0 Å². The number of anilines is 3. The van der Waals surface area contributed by atoms with Crippen molar-refractivity contribution < 1.29 is 14.4 Å². The van der Waals surface area contributed by atoms with E-state index < -0.39 is 17.7 Å². The highest BCUT2D eigenvalue weighted by Crippen LogP contribution is 2.35. The molecule has 0 fully saturated rings. The van der Waals surface area contributed by atoms with Crippen LogP contribution in [0.4, 0.5) is 46.0 Å². The standard InChI is InChI=1S/C45H53N21O3/c1-4-7-19-28(46)34(60-57-29-22-13-10-16-25(29)40(50)67)37(47)53-43-54-44(65-38(48)35(32(63-65)20-8-5-2)61-58-30-23-14-11-17-26(30)41(51)68)56-45(55-43)66-39(49)36(33(64-66)21-9-6-3)62-59-31-24-15-12-18-27(31)42(52)69/h10-18,22-24,46H,4-9,19-21,47-49H2,1-3H3,(H2,50,67)(H2,51,68)(H2,52,69)(H,53,54,55,56)/b37-34+,46-28?,60-57+,61-58+,62-59+. The van der Waals surface area contributed by atoms with E-state index in [4.69, 9.17) is 55.0 Å². The maximum atomic E-state index is 12.2. The Morgan fingerprint density at radius 1 is 0.580 bits per heavy atom. The second-order valence-electron chi connectivity index (χ2n) is 15.4. The van der Waals surface area contributed by atoms with Crippen LogP contribution in [0.1, 0.15) is 108 Å². The summed E-state index contributed by atoms with van der Waals surface area (Å²) in [7, 11) is 0. The van der Waals surface area contributed by atoms with Crippen LogP contribution in [0.25, 0.3) is 11.9 Å². The fourth-order valence-corrected chi connectivity index (χ4v) is 6.64. The minimum Gasteiger partial charge on any atom is -0.383 e. The van der Waals surface area contributed by atoms with E-state index in [1.54, 1.807) is 54.6 Å². The van der Waals surface area contributed by atoms with E-state index in [1.165, 1.54) is 27.6 Å². The number of azo groups is 3. The molecular formula is C45H53N21O3. The van der Waals surface area contributed by atoms with Gasteiger partial charge < -0.3 is 45.1 Å². The molecule has 0 aliphatic heterocycles. The van der Waals surface area contributed by atoms with Crippen LogP contribution in [-0.4, -0.2) is 57.9 Å². The third-order valence-electron chi connectivity index (χ3n) is 10.3. The smallest absolute Gasteiger partial charge is 0.259 e. The second-order valence-corrected chi connectivity index (χ2v) is 15.4. The quantitative estimate of drug-likeness (QED) is 0.0226. The molecule has 3 aromatic heterocycles. The van der Waals surface area contributed by atoms with Crippen molar-refractivity contribution in [2.75, 3.05) is 16.8 Å². The molecule has 24 heteroatoms. The Bertz CT molecular complexity index is 2860. The fraction of sp³-hybridized carbons (Fsp3) is 0.267. The molecule has 6 aromatic rings. The molecule has 0 saturated heterocycles. The number of amides is 3. The van der Waals surface area contributed by atoms with Crippen molar-refractivity contribution in [1.82, 2.24) is 34.5 Å². The fourth-order valence-electron chi connectivity index (χ4n) is 6.64. The number of hydrogen-bond donors (Lipinski definition) is 8. The van der Waals surface area contributed by atoms with Crippen LogP contribution in [0.3, 0.4) is 0 Å². The van der Waals surface area contributed by atoms with Crippen LogP contribution in [-0.2, 0) is 12.8 Å². The molecule has 0 saturated carbocycles. The highest BCUT2D eigenvalue weighted by Gasteiger charge is 2.25. The van der Waals surface area contributed by atoms with Gasteiger partial charge in [0, 0.05) is 0 Å². The van der Waals surface area contributed by atoms with Gasteiger partial charge in [0.25, 0.3) is 29.6 Å². The van der Waals surface area contributed by atoms with Gasteiger partial charge in [0.15, 0.2) is 23.0 Å². The molecule has 0 atom stereocenters. The first-order valence-corrected chi connectivity index (χ1v) is 22.0. The molecule has 0 aliphatic carbocycles. The zero-order valence-electron chi connectivity index (χ0n) is 38.3. The number of allylic oxidation sites excluding steroid dienone is 1. The van der Waals surface area contributed by atoms with E-state index in [1.807, 2.05) is 20.8 Å². The van der Waals surface area contributed by atoms with Crippen LogP contribution in [0, 0.1) is 5.41 Å². The summed E-state index contributed by atoms with van der Waals surface area (Å²) in [5.74, 6) is -2.89. The lowest BCUT2D eigenvalue weighted by Gasteiger charge is -2.12. The first-order valence-electron chi connectivity index (χ1n) is 22.0. The maximum Gasteiger partial charge on any atom is 0.259 e. The van der Waals surface area contributed by atoms with Crippen LogP contribution < -0.4 is 39.7 Å². The number of nitrogens with two attached hydrogens (primary N) is 6. The number of rotatable bonds is 23. The maximum absolute atomic E-state index is 12.2. The Hall–Kier alpha value is -9.09. The summed E-state index contributed by atoms with van der Waals surface area (Å²) in [6.45, 7) is 6.00. The first kappa shape index (κ1) is 49.3. The van der Waals surface area contributed by atoms with Crippen molar-refractivity contribution in [3.63, 3.8) is 0 Å². The molecule has 0 radical (unpaired) electrons. The monoisotopic (exact) mass is 935 g/mol. The molecule has 0 aliphatic rings. The van der Waals surface area contributed by atoms with Gasteiger partial charge >= 0.3 is 0 Å². The van der Waals surface area contributed by atoms with Gasteiger partial charge in [0.05, 0.1) is 50.9 Å². The third-order valence-corrected chi connectivity index (χ3v) is 10.3. The lowest BCUT2D eigenvalue weighted by Crippen LogP contribution is -2.20. The Kier molecular flexibility index (Phi) is 16.4. The zero-order valence-corrected chi connectivity index (χ0v) is 38.3. The van der Waals surface area contributed by atoms with E-state index in [2.05, 4.69) is 46.0 Å². The summed E-state index contributed by atoms with van der Waals surface area (Å²) >= 11 is 0.